The van der Waals surface area contributed by atoms with Gasteiger partial charge in [-0.05, 0) is 11.6 Å². The van der Waals surface area contributed by atoms with Gasteiger partial charge in [-0.25, -0.2) is 4.79 Å². The first-order valence-corrected chi connectivity index (χ1v) is 8.70. The Kier molecular flexibility index (Phi) is 4.93. The van der Waals surface area contributed by atoms with E-state index in [0.29, 0.717) is 17.8 Å². The Morgan fingerprint density at radius 3 is 2.78 bits per heavy atom. The number of para-hydroxylation sites is 1. The first-order valence-electron chi connectivity index (χ1n) is 8.70. The molecular weight excluding hydrogens is 350 g/mol. The average molecular weight is 373 g/mol. The van der Waals surface area contributed by atoms with Gasteiger partial charge in [-0.1, -0.05) is 26.0 Å². The van der Waals surface area contributed by atoms with Crippen LogP contribution in [0.15, 0.2) is 29.5 Å². The van der Waals surface area contributed by atoms with Gasteiger partial charge in [0.1, 0.15) is 5.70 Å². The molecule has 2 amide bonds. The number of ether oxygens (including phenoxy) is 1. The van der Waals surface area contributed by atoms with Crippen molar-refractivity contribution in [1.29, 1.82) is 0 Å². The summed E-state index contributed by atoms with van der Waals surface area (Å²) in [5.41, 5.74) is 2.02. The lowest BCUT2D eigenvalue weighted by Gasteiger charge is -2.33. The number of anilines is 2. The summed E-state index contributed by atoms with van der Waals surface area (Å²) in [4.78, 5) is 38.3. The standard InChI is InChI=1S/C19H23N3O5/c1-19(2)9-14(24)21-16-12(19)5-4-6-13(16)20-15-11(18(26)27-3)10-22(7-8-23)17(15)25/h4-6,20,23H,7-10H2,1-3H3,(H,21,24). The van der Waals surface area contributed by atoms with Crippen LogP contribution in [0.2, 0.25) is 0 Å². The maximum absolute atomic E-state index is 12.7. The van der Waals surface area contributed by atoms with Crippen LogP contribution in [0.4, 0.5) is 11.4 Å². The first-order chi connectivity index (χ1) is 12.8. The van der Waals surface area contributed by atoms with Gasteiger partial charge in [0.2, 0.25) is 5.91 Å². The Bertz CT molecular complexity index is 844. The second-order valence-electron chi connectivity index (χ2n) is 7.26. The summed E-state index contributed by atoms with van der Waals surface area (Å²) in [6, 6.07) is 5.51. The Hall–Kier alpha value is -2.87. The fourth-order valence-corrected chi connectivity index (χ4v) is 3.52. The van der Waals surface area contributed by atoms with E-state index in [1.807, 2.05) is 26.0 Å². The molecule has 0 fully saturated rings. The van der Waals surface area contributed by atoms with Crippen LogP contribution in [-0.4, -0.2) is 54.6 Å². The van der Waals surface area contributed by atoms with Gasteiger partial charge in [-0.2, -0.15) is 0 Å². The second-order valence-corrected chi connectivity index (χ2v) is 7.26. The summed E-state index contributed by atoms with van der Waals surface area (Å²) in [5, 5.41) is 15.0. The van der Waals surface area contributed by atoms with E-state index in [0.717, 1.165) is 5.56 Å². The smallest absolute Gasteiger partial charge is 0.337 e. The number of nitrogens with one attached hydrogen (secondary N) is 2. The van der Waals surface area contributed by atoms with E-state index in [-0.39, 0.29) is 42.3 Å². The number of esters is 1. The quantitative estimate of drug-likeness (QED) is 0.664. The average Bonchev–Trinajstić information content (AvgIpc) is 2.91. The highest BCUT2D eigenvalue weighted by Crippen LogP contribution is 2.41. The van der Waals surface area contributed by atoms with E-state index in [4.69, 9.17) is 9.84 Å². The molecule has 2 aliphatic rings. The Labute approximate surface area is 157 Å². The van der Waals surface area contributed by atoms with E-state index in [1.54, 1.807) is 6.07 Å². The highest BCUT2D eigenvalue weighted by molar-refractivity contribution is 6.09. The number of benzene rings is 1. The molecule has 0 aromatic heterocycles. The topological polar surface area (TPSA) is 108 Å². The SMILES string of the molecule is COC(=O)C1=C(Nc2cccc3c2NC(=O)CC3(C)C)C(=O)N(CCO)C1. The summed E-state index contributed by atoms with van der Waals surface area (Å²) in [6.45, 7) is 3.93. The molecule has 3 rings (SSSR count). The number of fused-ring (bicyclic) bond motifs is 1. The molecule has 1 aromatic rings. The van der Waals surface area contributed by atoms with Gasteiger partial charge in [0, 0.05) is 18.4 Å². The van der Waals surface area contributed by atoms with Crippen LogP contribution in [0.25, 0.3) is 0 Å². The van der Waals surface area contributed by atoms with Gasteiger partial charge in [-0.15, -0.1) is 0 Å². The summed E-state index contributed by atoms with van der Waals surface area (Å²) in [5.74, 6) is -1.12. The highest BCUT2D eigenvalue weighted by Gasteiger charge is 2.37. The monoisotopic (exact) mass is 373 g/mol. The number of amides is 2. The predicted octanol–water partition coefficient (Wildman–Crippen LogP) is 0.980. The zero-order valence-corrected chi connectivity index (χ0v) is 15.6. The summed E-state index contributed by atoms with van der Waals surface area (Å²) < 4.78 is 4.79. The minimum Gasteiger partial charge on any atom is -0.466 e. The van der Waals surface area contributed by atoms with Gasteiger partial charge in [0.15, 0.2) is 0 Å². The molecule has 0 aliphatic carbocycles. The van der Waals surface area contributed by atoms with Crippen molar-refractivity contribution in [3.8, 4) is 0 Å². The molecule has 0 bridgehead atoms. The molecule has 0 spiro atoms. The molecule has 0 atom stereocenters. The Morgan fingerprint density at radius 1 is 1.37 bits per heavy atom. The molecule has 1 aromatic carbocycles. The zero-order chi connectivity index (χ0) is 19.8. The number of nitrogens with zero attached hydrogens (tertiary/aromatic N) is 1. The Balaban J connectivity index is 2.02. The van der Waals surface area contributed by atoms with E-state index in [2.05, 4.69) is 10.6 Å². The van der Waals surface area contributed by atoms with Gasteiger partial charge in [0.05, 0.1) is 37.2 Å². The molecule has 0 saturated carbocycles. The number of carbonyl (C=O) groups excluding carboxylic acids is 3. The van der Waals surface area contributed by atoms with E-state index < -0.39 is 11.9 Å². The zero-order valence-electron chi connectivity index (χ0n) is 15.6. The van der Waals surface area contributed by atoms with E-state index in [9.17, 15) is 14.4 Å². The van der Waals surface area contributed by atoms with Gasteiger partial charge < -0.3 is 25.4 Å². The summed E-state index contributed by atoms with van der Waals surface area (Å²) in [7, 11) is 1.25. The van der Waals surface area contributed by atoms with Crippen LogP contribution in [0, 0.1) is 0 Å². The fraction of sp³-hybridized carbons (Fsp3) is 0.421. The minimum atomic E-state index is -0.611. The number of rotatable bonds is 5. The van der Waals surface area contributed by atoms with Crippen molar-refractivity contribution in [1.82, 2.24) is 4.90 Å². The molecule has 0 radical (unpaired) electrons. The maximum Gasteiger partial charge on any atom is 0.337 e. The van der Waals surface area contributed by atoms with Crippen molar-refractivity contribution < 1.29 is 24.2 Å². The minimum absolute atomic E-state index is 0.0568. The number of β-amino-alcohol motifs (C(OH)–C–C–N with tert-alkyl or cyclic N) is 1. The molecule has 8 nitrogen and oxygen atoms in total. The van der Waals surface area contributed by atoms with Gasteiger partial charge in [0.25, 0.3) is 5.91 Å². The molecule has 8 heteroatoms. The molecule has 144 valence electrons. The highest BCUT2D eigenvalue weighted by atomic mass is 16.5. The molecule has 27 heavy (non-hydrogen) atoms. The summed E-state index contributed by atoms with van der Waals surface area (Å²) in [6.07, 6.45) is 0.364. The van der Waals surface area contributed by atoms with Crippen molar-refractivity contribution in [3.05, 3.63) is 35.0 Å². The van der Waals surface area contributed by atoms with Crippen LogP contribution >= 0.6 is 0 Å². The van der Waals surface area contributed by atoms with Crippen LogP contribution < -0.4 is 10.6 Å². The number of aliphatic hydroxyl groups is 1. The van der Waals surface area contributed by atoms with Crippen molar-refractivity contribution in [2.75, 3.05) is 37.4 Å². The third-order valence-corrected chi connectivity index (χ3v) is 4.87. The van der Waals surface area contributed by atoms with Crippen LogP contribution in [0.5, 0.6) is 0 Å². The van der Waals surface area contributed by atoms with Crippen molar-refractivity contribution in [2.24, 2.45) is 0 Å². The third kappa shape index (κ3) is 3.40. The Morgan fingerprint density at radius 2 is 2.11 bits per heavy atom. The number of methoxy groups -OCH3 is 1. The third-order valence-electron chi connectivity index (χ3n) is 4.87. The lowest BCUT2D eigenvalue weighted by Crippen LogP contribution is -2.33. The molecular formula is C19H23N3O5. The number of hydrogen-bond acceptors (Lipinski definition) is 6. The number of hydrogen-bond donors (Lipinski definition) is 3. The van der Waals surface area contributed by atoms with Crippen LogP contribution in [-0.2, 0) is 24.5 Å². The van der Waals surface area contributed by atoms with Crippen LogP contribution in [0.3, 0.4) is 0 Å². The number of aliphatic hydroxyl groups excluding tert-OH is 1. The normalized spacial score (nSPS) is 18.3. The van der Waals surface area contributed by atoms with Crippen molar-refractivity contribution in [2.45, 2.75) is 25.7 Å². The number of carbonyl (C=O) groups is 3. The molecule has 0 saturated heterocycles. The van der Waals surface area contributed by atoms with Gasteiger partial charge in [-0.3, -0.25) is 9.59 Å². The van der Waals surface area contributed by atoms with Crippen molar-refractivity contribution in [3.63, 3.8) is 0 Å². The maximum atomic E-state index is 12.7. The molecule has 3 N–H and O–H groups in total. The van der Waals surface area contributed by atoms with Crippen molar-refractivity contribution >= 4 is 29.2 Å². The van der Waals surface area contributed by atoms with Crippen LogP contribution in [0.1, 0.15) is 25.8 Å². The molecule has 2 heterocycles. The first kappa shape index (κ1) is 18.9. The predicted molar refractivity (Wildman–Crippen MR) is 99.0 cm³/mol. The van der Waals surface area contributed by atoms with Gasteiger partial charge >= 0.3 is 5.97 Å². The fourth-order valence-electron chi connectivity index (χ4n) is 3.52. The summed E-state index contributed by atoms with van der Waals surface area (Å²) >= 11 is 0. The lowest BCUT2D eigenvalue weighted by molar-refractivity contribution is -0.136. The van der Waals surface area contributed by atoms with E-state index in [1.165, 1.54) is 12.0 Å². The molecule has 0 unspecified atom stereocenters. The largest absolute Gasteiger partial charge is 0.466 e. The second kappa shape index (κ2) is 7.03. The molecule has 2 aliphatic heterocycles. The lowest BCUT2D eigenvalue weighted by atomic mass is 9.77. The van der Waals surface area contributed by atoms with E-state index >= 15 is 0 Å².